The monoisotopic (exact) mass is 281 g/mol. The quantitative estimate of drug-likeness (QED) is 0.513. The van der Waals surface area contributed by atoms with E-state index in [0.29, 0.717) is 25.3 Å². The van der Waals surface area contributed by atoms with Crippen LogP contribution in [0.4, 0.5) is 17.5 Å². The number of anilines is 2. The Labute approximate surface area is 116 Å². The summed E-state index contributed by atoms with van der Waals surface area (Å²) in [6, 6.07) is 0. The molecule has 3 N–H and O–H groups in total. The summed E-state index contributed by atoms with van der Waals surface area (Å²) in [6.45, 7) is 2.96. The van der Waals surface area contributed by atoms with Crippen molar-refractivity contribution in [2.45, 2.75) is 38.2 Å². The van der Waals surface area contributed by atoms with E-state index in [2.05, 4.69) is 20.6 Å². The number of aliphatic hydroxyl groups is 1. The molecule has 0 amide bonds. The van der Waals surface area contributed by atoms with Gasteiger partial charge in [-0.3, -0.25) is 10.1 Å². The van der Waals surface area contributed by atoms with Gasteiger partial charge in [-0.25, -0.2) is 4.98 Å². The molecule has 1 saturated carbocycles. The minimum Gasteiger partial charge on any atom is -0.388 e. The fourth-order valence-corrected chi connectivity index (χ4v) is 1.97. The van der Waals surface area contributed by atoms with Gasteiger partial charge in [-0.05, 0) is 25.7 Å². The second kappa shape index (κ2) is 6.00. The van der Waals surface area contributed by atoms with Gasteiger partial charge in [0.25, 0.3) is 0 Å². The minimum atomic E-state index is -0.768. The van der Waals surface area contributed by atoms with Crippen LogP contribution < -0.4 is 10.6 Å². The van der Waals surface area contributed by atoms with E-state index in [0.717, 1.165) is 12.8 Å². The van der Waals surface area contributed by atoms with Gasteiger partial charge in [0.05, 0.1) is 10.5 Å². The normalized spacial score (nSPS) is 16.3. The van der Waals surface area contributed by atoms with Crippen molar-refractivity contribution in [1.82, 2.24) is 9.97 Å². The molecule has 0 saturated heterocycles. The van der Waals surface area contributed by atoms with Gasteiger partial charge in [0, 0.05) is 13.1 Å². The number of rotatable bonds is 7. The second-order valence-corrected chi connectivity index (χ2v) is 5.04. The molecule has 0 aromatic carbocycles. The van der Waals surface area contributed by atoms with E-state index in [9.17, 15) is 15.2 Å². The third kappa shape index (κ3) is 3.32. The Hall–Kier alpha value is -1.96. The third-order valence-corrected chi connectivity index (χ3v) is 3.37. The third-order valence-electron chi connectivity index (χ3n) is 3.37. The van der Waals surface area contributed by atoms with Crippen molar-refractivity contribution in [3.63, 3.8) is 0 Å². The molecule has 20 heavy (non-hydrogen) atoms. The lowest BCUT2D eigenvalue weighted by Gasteiger charge is -2.36. The molecule has 0 atom stereocenters. The van der Waals surface area contributed by atoms with E-state index in [1.54, 1.807) is 0 Å². The van der Waals surface area contributed by atoms with Crippen molar-refractivity contribution in [2.75, 3.05) is 23.7 Å². The van der Waals surface area contributed by atoms with Gasteiger partial charge in [0.2, 0.25) is 11.8 Å². The smallest absolute Gasteiger partial charge is 0.329 e. The molecule has 110 valence electrons. The zero-order valence-corrected chi connectivity index (χ0v) is 11.4. The van der Waals surface area contributed by atoms with Crippen molar-refractivity contribution < 1.29 is 10.0 Å². The SMILES string of the molecule is CCCNc1ncc([N+](=O)[O-])c(NCC2(O)CCC2)n1. The number of nitrogens with zero attached hydrogens (tertiary/aromatic N) is 3. The maximum atomic E-state index is 11.0. The molecule has 0 bridgehead atoms. The summed E-state index contributed by atoms with van der Waals surface area (Å²) in [5, 5.41) is 26.8. The molecule has 1 aromatic heterocycles. The fourth-order valence-electron chi connectivity index (χ4n) is 1.97. The Kier molecular flexibility index (Phi) is 4.33. The Morgan fingerprint density at radius 3 is 2.80 bits per heavy atom. The summed E-state index contributed by atoms with van der Waals surface area (Å²) in [6.07, 6.45) is 4.48. The zero-order chi connectivity index (χ0) is 14.6. The van der Waals surface area contributed by atoms with Crippen LogP contribution in [0.1, 0.15) is 32.6 Å². The van der Waals surface area contributed by atoms with Gasteiger partial charge in [-0.15, -0.1) is 0 Å². The molecule has 8 heteroatoms. The molecule has 8 nitrogen and oxygen atoms in total. The number of aromatic nitrogens is 2. The van der Waals surface area contributed by atoms with Crippen LogP contribution in [-0.4, -0.2) is 38.7 Å². The van der Waals surface area contributed by atoms with Gasteiger partial charge in [-0.1, -0.05) is 6.92 Å². The molecule has 1 heterocycles. The van der Waals surface area contributed by atoms with Crippen LogP contribution >= 0.6 is 0 Å². The van der Waals surface area contributed by atoms with Gasteiger partial charge in [-0.2, -0.15) is 4.98 Å². The Morgan fingerprint density at radius 1 is 1.50 bits per heavy atom. The highest BCUT2D eigenvalue weighted by atomic mass is 16.6. The van der Waals surface area contributed by atoms with Gasteiger partial charge >= 0.3 is 5.69 Å². The lowest BCUT2D eigenvalue weighted by Crippen LogP contribution is -2.43. The standard InChI is InChI=1S/C12H19N5O3/c1-2-6-13-11-14-7-9(17(19)20)10(16-11)15-8-12(18)4-3-5-12/h7,18H,2-6,8H2,1H3,(H2,13,14,15,16). The lowest BCUT2D eigenvalue weighted by molar-refractivity contribution is -0.384. The molecule has 2 rings (SSSR count). The van der Waals surface area contributed by atoms with Crippen LogP contribution in [0, 0.1) is 10.1 Å². The van der Waals surface area contributed by atoms with Crippen molar-refractivity contribution in [1.29, 1.82) is 0 Å². The fraction of sp³-hybridized carbons (Fsp3) is 0.667. The topological polar surface area (TPSA) is 113 Å². The maximum Gasteiger partial charge on any atom is 0.329 e. The number of hydrogen-bond donors (Lipinski definition) is 3. The van der Waals surface area contributed by atoms with Crippen LogP contribution in [0.5, 0.6) is 0 Å². The summed E-state index contributed by atoms with van der Waals surface area (Å²) in [4.78, 5) is 18.4. The van der Waals surface area contributed by atoms with Gasteiger partial charge < -0.3 is 15.7 Å². The van der Waals surface area contributed by atoms with Crippen LogP contribution in [0.25, 0.3) is 0 Å². The molecule has 1 aromatic rings. The molecular formula is C12H19N5O3. The minimum absolute atomic E-state index is 0.143. The van der Waals surface area contributed by atoms with Crippen LogP contribution in [-0.2, 0) is 0 Å². The van der Waals surface area contributed by atoms with E-state index >= 15 is 0 Å². The highest BCUT2D eigenvalue weighted by molar-refractivity contribution is 5.57. The highest BCUT2D eigenvalue weighted by Crippen LogP contribution is 2.32. The maximum absolute atomic E-state index is 11.0. The Morgan fingerprint density at radius 2 is 2.25 bits per heavy atom. The average molecular weight is 281 g/mol. The van der Waals surface area contributed by atoms with Gasteiger partial charge in [0.1, 0.15) is 6.20 Å². The van der Waals surface area contributed by atoms with E-state index < -0.39 is 10.5 Å². The van der Waals surface area contributed by atoms with E-state index in [1.807, 2.05) is 6.92 Å². The number of nitro groups is 1. The highest BCUT2D eigenvalue weighted by Gasteiger charge is 2.34. The predicted molar refractivity (Wildman–Crippen MR) is 74.8 cm³/mol. The zero-order valence-electron chi connectivity index (χ0n) is 11.4. The first-order chi connectivity index (χ1) is 9.54. The average Bonchev–Trinajstić information content (AvgIpc) is 2.40. The first kappa shape index (κ1) is 14.4. The Balaban J connectivity index is 2.11. The van der Waals surface area contributed by atoms with Crippen LogP contribution in [0.15, 0.2) is 6.20 Å². The summed E-state index contributed by atoms with van der Waals surface area (Å²) in [5.74, 6) is 0.490. The molecule has 1 fully saturated rings. The van der Waals surface area contributed by atoms with Crippen molar-refractivity contribution in [3.8, 4) is 0 Å². The first-order valence-electron chi connectivity index (χ1n) is 6.75. The summed E-state index contributed by atoms with van der Waals surface area (Å²) in [7, 11) is 0. The van der Waals surface area contributed by atoms with E-state index in [1.165, 1.54) is 6.20 Å². The molecule has 0 unspecified atom stereocenters. The predicted octanol–water partition coefficient (Wildman–Crippen LogP) is 1.53. The molecule has 0 spiro atoms. The van der Waals surface area contributed by atoms with E-state index in [4.69, 9.17) is 0 Å². The summed E-state index contributed by atoms with van der Waals surface area (Å²) < 4.78 is 0. The number of nitrogens with one attached hydrogen (secondary N) is 2. The largest absolute Gasteiger partial charge is 0.388 e. The molecule has 1 aliphatic rings. The molecular weight excluding hydrogens is 262 g/mol. The van der Waals surface area contributed by atoms with E-state index in [-0.39, 0.29) is 18.1 Å². The van der Waals surface area contributed by atoms with Crippen LogP contribution in [0.3, 0.4) is 0 Å². The number of hydrogen-bond acceptors (Lipinski definition) is 7. The van der Waals surface area contributed by atoms with Gasteiger partial charge in [0.15, 0.2) is 0 Å². The summed E-state index contributed by atoms with van der Waals surface area (Å²) >= 11 is 0. The van der Waals surface area contributed by atoms with Crippen molar-refractivity contribution in [2.24, 2.45) is 0 Å². The summed E-state index contributed by atoms with van der Waals surface area (Å²) in [5.41, 5.74) is -0.953. The van der Waals surface area contributed by atoms with Crippen molar-refractivity contribution in [3.05, 3.63) is 16.3 Å². The molecule has 0 radical (unpaired) electrons. The Bertz CT molecular complexity index is 490. The molecule has 1 aliphatic carbocycles. The van der Waals surface area contributed by atoms with Crippen LogP contribution in [0.2, 0.25) is 0 Å². The van der Waals surface area contributed by atoms with Crippen molar-refractivity contribution >= 4 is 17.5 Å². The second-order valence-electron chi connectivity index (χ2n) is 5.04. The first-order valence-corrected chi connectivity index (χ1v) is 6.75. The lowest BCUT2D eigenvalue weighted by atomic mass is 9.80. The molecule has 0 aliphatic heterocycles.